The van der Waals surface area contributed by atoms with Crippen LogP contribution in [0.15, 0.2) is 83.8 Å². The van der Waals surface area contributed by atoms with Gasteiger partial charge in [-0.05, 0) is 54.8 Å². The van der Waals surface area contributed by atoms with Gasteiger partial charge in [0, 0.05) is 12.6 Å². The molecule has 3 aromatic rings. The summed E-state index contributed by atoms with van der Waals surface area (Å²) in [5, 5.41) is 3.06. The number of aryl methyl sites for hydroxylation is 1. The van der Waals surface area contributed by atoms with Gasteiger partial charge in [0.15, 0.2) is 0 Å². The molecule has 5 nitrogen and oxygen atoms in total. The Morgan fingerprint density at radius 1 is 0.967 bits per heavy atom. The second kappa shape index (κ2) is 9.13. The first-order chi connectivity index (χ1) is 14.3. The van der Waals surface area contributed by atoms with Crippen LogP contribution in [-0.4, -0.2) is 21.4 Å². The quantitative estimate of drug-likeness (QED) is 0.600. The molecule has 0 aliphatic heterocycles. The van der Waals surface area contributed by atoms with Crippen molar-refractivity contribution in [3.8, 4) is 0 Å². The lowest BCUT2D eigenvalue weighted by Gasteiger charge is -2.22. The summed E-state index contributed by atoms with van der Waals surface area (Å²) >= 11 is 0. The third-order valence-electron chi connectivity index (χ3n) is 5.12. The number of hydrogen-bond donors (Lipinski definition) is 1. The molecule has 1 N–H and O–H groups in total. The highest BCUT2D eigenvalue weighted by molar-refractivity contribution is 7.92. The van der Waals surface area contributed by atoms with Crippen molar-refractivity contribution in [1.29, 1.82) is 0 Å². The minimum absolute atomic E-state index is 0.0835. The molecule has 1 atom stereocenters. The lowest BCUT2D eigenvalue weighted by atomic mass is 10.0. The largest absolute Gasteiger partial charge is 0.345 e. The summed E-state index contributed by atoms with van der Waals surface area (Å²) in [6, 6.07) is 23.1. The summed E-state index contributed by atoms with van der Waals surface area (Å²) in [6.07, 6.45) is 0.769. The van der Waals surface area contributed by atoms with Crippen LogP contribution in [0.2, 0.25) is 0 Å². The molecule has 156 valence electrons. The molecule has 3 aromatic carbocycles. The van der Waals surface area contributed by atoms with Gasteiger partial charge in [0.2, 0.25) is 0 Å². The predicted molar refractivity (Wildman–Crippen MR) is 120 cm³/mol. The zero-order chi connectivity index (χ0) is 21.7. The molecule has 0 bridgehead atoms. The topological polar surface area (TPSA) is 66.5 Å². The number of benzene rings is 3. The summed E-state index contributed by atoms with van der Waals surface area (Å²) in [5.41, 5.74) is 2.79. The van der Waals surface area contributed by atoms with E-state index in [9.17, 15) is 13.2 Å². The highest BCUT2D eigenvalue weighted by atomic mass is 32.2. The van der Waals surface area contributed by atoms with E-state index in [0.29, 0.717) is 16.8 Å². The van der Waals surface area contributed by atoms with E-state index >= 15 is 0 Å². The maximum atomic E-state index is 12.9. The van der Waals surface area contributed by atoms with Crippen LogP contribution in [0.3, 0.4) is 0 Å². The summed E-state index contributed by atoms with van der Waals surface area (Å²) < 4.78 is 27.0. The second-order valence-corrected chi connectivity index (χ2v) is 9.10. The van der Waals surface area contributed by atoms with Crippen molar-refractivity contribution >= 4 is 21.6 Å². The first kappa shape index (κ1) is 21.6. The Morgan fingerprint density at radius 3 is 2.13 bits per heavy atom. The lowest BCUT2D eigenvalue weighted by Crippen LogP contribution is -2.29. The molecule has 6 heteroatoms. The Hall–Kier alpha value is -3.12. The van der Waals surface area contributed by atoms with Crippen molar-refractivity contribution in [2.24, 2.45) is 0 Å². The number of carbonyl (C=O) groups excluding carboxylic acids is 1. The second-order valence-electron chi connectivity index (χ2n) is 7.13. The molecule has 30 heavy (non-hydrogen) atoms. The molecule has 0 saturated carbocycles. The van der Waals surface area contributed by atoms with E-state index in [-0.39, 0.29) is 16.8 Å². The Bertz CT molecular complexity index is 1110. The SMILES string of the molecule is CCC(NC(=O)c1ccc(N(C)S(=O)(=O)c2ccccc2)c(C)c1)c1ccccc1. The summed E-state index contributed by atoms with van der Waals surface area (Å²) in [4.78, 5) is 13.0. The summed E-state index contributed by atoms with van der Waals surface area (Å²) in [7, 11) is -2.15. The molecule has 1 unspecified atom stereocenters. The Kier molecular flexibility index (Phi) is 6.57. The minimum atomic E-state index is -3.67. The average molecular weight is 423 g/mol. The standard InChI is InChI=1S/C24H26N2O3S/c1-4-22(19-11-7-5-8-12-19)25-24(27)20-15-16-23(18(2)17-20)26(3)30(28,29)21-13-9-6-10-14-21/h5-17,22H,4H2,1-3H3,(H,25,27). The third-order valence-corrected chi connectivity index (χ3v) is 6.90. The Morgan fingerprint density at radius 2 is 1.57 bits per heavy atom. The molecular formula is C24H26N2O3S. The number of anilines is 1. The van der Waals surface area contributed by atoms with E-state index in [1.807, 2.05) is 37.3 Å². The molecule has 3 rings (SSSR count). The van der Waals surface area contributed by atoms with Crippen LogP contribution < -0.4 is 9.62 Å². The van der Waals surface area contributed by atoms with Crippen LogP contribution in [0.1, 0.15) is 40.9 Å². The van der Waals surface area contributed by atoms with E-state index in [2.05, 4.69) is 5.32 Å². The van der Waals surface area contributed by atoms with Crippen molar-refractivity contribution in [3.05, 3.63) is 95.6 Å². The van der Waals surface area contributed by atoms with Crippen molar-refractivity contribution in [3.63, 3.8) is 0 Å². The maximum absolute atomic E-state index is 12.9. The molecule has 0 aliphatic rings. The summed E-state index contributed by atoms with van der Waals surface area (Å²) in [5.74, 6) is -0.186. The van der Waals surface area contributed by atoms with Gasteiger partial charge in [-0.15, -0.1) is 0 Å². The Labute approximate surface area is 178 Å². The monoisotopic (exact) mass is 422 g/mol. The van der Waals surface area contributed by atoms with E-state index in [0.717, 1.165) is 12.0 Å². The third kappa shape index (κ3) is 4.54. The van der Waals surface area contributed by atoms with Gasteiger partial charge in [-0.3, -0.25) is 9.10 Å². The van der Waals surface area contributed by atoms with Gasteiger partial charge in [-0.1, -0.05) is 55.5 Å². The van der Waals surface area contributed by atoms with E-state index in [4.69, 9.17) is 0 Å². The van der Waals surface area contributed by atoms with Crippen LogP contribution in [0, 0.1) is 6.92 Å². The number of amides is 1. The van der Waals surface area contributed by atoms with Crippen LogP contribution in [-0.2, 0) is 10.0 Å². The van der Waals surface area contributed by atoms with Crippen LogP contribution >= 0.6 is 0 Å². The molecule has 0 saturated heterocycles. The van der Waals surface area contributed by atoms with Gasteiger partial charge in [-0.25, -0.2) is 8.42 Å². The van der Waals surface area contributed by atoms with Gasteiger partial charge in [0.05, 0.1) is 16.6 Å². The van der Waals surface area contributed by atoms with Gasteiger partial charge in [0.25, 0.3) is 15.9 Å². The first-order valence-electron chi connectivity index (χ1n) is 9.85. The zero-order valence-corrected chi connectivity index (χ0v) is 18.2. The number of nitrogens with zero attached hydrogens (tertiary/aromatic N) is 1. The highest BCUT2D eigenvalue weighted by Gasteiger charge is 2.23. The minimum Gasteiger partial charge on any atom is -0.345 e. The number of hydrogen-bond acceptors (Lipinski definition) is 3. The van der Waals surface area contributed by atoms with Crippen molar-refractivity contribution in [1.82, 2.24) is 5.32 Å². The zero-order valence-electron chi connectivity index (χ0n) is 17.4. The van der Waals surface area contributed by atoms with Crippen molar-refractivity contribution < 1.29 is 13.2 Å². The van der Waals surface area contributed by atoms with E-state index in [1.54, 1.807) is 55.5 Å². The molecular weight excluding hydrogens is 396 g/mol. The van der Waals surface area contributed by atoms with Gasteiger partial charge >= 0.3 is 0 Å². The Balaban J connectivity index is 1.82. The molecule has 0 fully saturated rings. The smallest absolute Gasteiger partial charge is 0.264 e. The van der Waals surface area contributed by atoms with E-state index in [1.165, 1.54) is 11.4 Å². The average Bonchev–Trinajstić information content (AvgIpc) is 2.78. The number of rotatable bonds is 7. The molecule has 0 heterocycles. The van der Waals surface area contributed by atoms with Gasteiger partial charge in [-0.2, -0.15) is 0 Å². The maximum Gasteiger partial charge on any atom is 0.264 e. The molecule has 0 aliphatic carbocycles. The molecule has 0 aromatic heterocycles. The fraction of sp³-hybridized carbons (Fsp3) is 0.208. The molecule has 1 amide bonds. The number of nitrogens with one attached hydrogen (secondary N) is 1. The van der Waals surface area contributed by atoms with Crippen molar-refractivity contribution in [2.45, 2.75) is 31.2 Å². The number of carbonyl (C=O) groups is 1. The number of sulfonamides is 1. The van der Waals surface area contributed by atoms with Gasteiger partial charge in [0.1, 0.15) is 0 Å². The van der Waals surface area contributed by atoms with Crippen LogP contribution in [0.5, 0.6) is 0 Å². The van der Waals surface area contributed by atoms with Gasteiger partial charge < -0.3 is 5.32 Å². The predicted octanol–water partition coefficient (Wildman–Crippen LogP) is 4.70. The van der Waals surface area contributed by atoms with Crippen LogP contribution in [0.25, 0.3) is 0 Å². The van der Waals surface area contributed by atoms with Crippen LogP contribution in [0.4, 0.5) is 5.69 Å². The highest BCUT2D eigenvalue weighted by Crippen LogP contribution is 2.26. The molecule has 0 spiro atoms. The summed E-state index contributed by atoms with van der Waals surface area (Å²) in [6.45, 7) is 3.83. The van der Waals surface area contributed by atoms with E-state index < -0.39 is 10.0 Å². The van der Waals surface area contributed by atoms with Crippen molar-refractivity contribution in [2.75, 3.05) is 11.4 Å². The fourth-order valence-corrected chi connectivity index (χ4v) is 4.66. The first-order valence-corrected chi connectivity index (χ1v) is 11.3. The lowest BCUT2D eigenvalue weighted by molar-refractivity contribution is 0.0935. The molecule has 0 radical (unpaired) electrons. The normalized spacial score (nSPS) is 12.2. The fourth-order valence-electron chi connectivity index (χ4n) is 3.38.